The van der Waals surface area contributed by atoms with Gasteiger partial charge in [-0.05, 0) is 38.0 Å². The van der Waals surface area contributed by atoms with E-state index in [1.54, 1.807) is 0 Å². The van der Waals surface area contributed by atoms with Crippen LogP contribution in [0.4, 0.5) is 4.39 Å². The lowest BCUT2D eigenvalue weighted by atomic mass is 9.85. The molecule has 1 aromatic rings. The van der Waals surface area contributed by atoms with Crippen LogP contribution in [0.25, 0.3) is 0 Å². The van der Waals surface area contributed by atoms with Gasteiger partial charge >= 0.3 is 5.97 Å². The number of nitrogens with one attached hydrogen (secondary N) is 1. The molecule has 2 rings (SSSR count). The van der Waals surface area contributed by atoms with Gasteiger partial charge in [0, 0.05) is 11.1 Å². The van der Waals surface area contributed by atoms with Crippen LogP contribution < -0.4 is 4.72 Å². The number of benzene rings is 1. The second kappa shape index (κ2) is 5.55. The fourth-order valence-corrected chi connectivity index (χ4v) is 4.16. The molecule has 116 valence electrons. The lowest BCUT2D eigenvalue weighted by molar-refractivity contribution is -0.148. The van der Waals surface area contributed by atoms with E-state index < -0.39 is 38.2 Å². The average Bonchev–Trinajstić information content (AvgIpc) is 2.71. The van der Waals surface area contributed by atoms with Gasteiger partial charge in [-0.2, -0.15) is 0 Å². The van der Waals surface area contributed by atoms with E-state index >= 15 is 0 Å². The van der Waals surface area contributed by atoms with Crippen molar-refractivity contribution >= 4 is 27.6 Å². The molecule has 0 saturated heterocycles. The van der Waals surface area contributed by atoms with Crippen molar-refractivity contribution in [2.24, 2.45) is 5.41 Å². The molecule has 1 aromatic carbocycles. The van der Waals surface area contributed by atoms with Crippen molar-refractivity contribution in [3.05, 3.63) is 29.0 Å². The highest BCUT2D eigenvalue weighted by Crippen LogP contribution is 2.39. The van der Waals surface area contributed by atoms with Gasteiger partial charge in [-0.3, -0.25) is 4.79 Å². The minimum atomic E-state index is -4.14. The zero-order valence-electron chi connectivity index (χ0n) is 11.3. The molecule has 0 bridgehead atoms. The van der Waals surface area contributed by atoms with Gasteiger partial charge in [0.25, 0.3) is 0 Å². The quantitative estimate of drug-likeness (QED) is 0.885. The van der Waals surface area contributed by atoms with Gasteiger partial charge in [-0.25, -0.2) is 17.5 Å². The third-order valence-corrected chi connectivity index (χ3v) is 5.67. The number of sulfonamides is 1. The molecule has 1 fully saturated rings. The van der Waals surface area contributed by atoms with E-state index in [9.17, 15) is 22.7 Å². The second-order valence-corrected chi connectivity index (χ2v) is 7.48. The number of carboxylic acid groups (broad SMARTS) is 1. The maximum Gasteiger partial charge on any atom is 0.310 e. The molecular weight excluding hydrogens is 321 g/mol. The Labute approximate surface area is 127 Å². The van der Waals surface area contributed by atoms with E-state index in [0.29, 0.717) is 19.3 Å². The van der Waals surface area contributed by atoms with E-state index in [4.69, 9.17) is 11.6 Å². The first-order valence-corrected chi connectivity index (χ1v) is 8.24. The van der Waals surface area contributed by atoms with Gasteiger partial charge in [0.15, 0.2) is 0 Å². The van der Waals surface area contributed by atoms with E-state index in [0.717, 1.165) is 12.1 Å². The molecule has 8 heteroatoms. The number of rotatable bonds is 4. The van der Waals surface area contributed by atoms with Gasteiger partial charge in [0.1, 0.15) is 10.7 Å². The summed E-state index contributed by atoms with van der Waals surface area (Å²) in [7, 11) is -4.14. The summed E-state index contributed by atoms with van der Waals surface area (Å²) >= 11 is 5.59. The van der Waals surface area contributed by atoms with E-state index in [2.05, 4.69) is 4.72 Å². The van der Waals surface area contributed by atoms with Crippen LogP contribution in [-0.2, 0) is 14.8 Å². The number of carbonyl (C=O) groups is 1. The Bertz CT molecular complexity index is 679. The second-order valence-electron chi connectivity index (χ2n) is 5.36. The van der Waals surface area contributed by atoms with Crippen LogP contribution >= 0.6 is 11.6 Å². The summed E-state index contributed by atoms with van der Waals surface area (Å²) < 4.78 is 40.6. The molecule has 1 aliphatic rings. The zero-order valence-corrected chi connectivity index (χ0v) is 12.8. The third-order valence-electron chi connectivity index (χ3n) is 3.93. The summed E-state index contributed by atoms with van der Waals surface area (Å²) in [6.45, 7) is 1.49. The lowest BCUT2D eigenvalue weighted by Gasteiger charge is -2.27. The van der Waals surface area contributed by atoms with E-state index in [1.807, 2.05) is 0 Å². The molecule has 0 heterocycles. The highest BCUT2D eigenvalue weighted by atomic mass is 35.5. The predicted molar refractivity (Wildman–Crippen MR) is 75.1 cm³/mol. The molecule has 2 N–H and O–H groups in total. The highest BCUT2D eigenvalue weighted by molar-refractivity contribution is 7.89. The van der Waals surface area contributed by atoms with Crippen LogP contribution in [-0.4, -0.2) is 25.5 Å². The van der Waals surface area contributed by atoms with Crippen LogP contribution in [0.1, 0.15) is 26.2 Å². The third kappa shape index (κ3) is 3.04. The number of hydrogen-bond donors (Lipinski definition) is 2. The molecule has 0 aliphatic heterocycles. The Kier molecular flexibility index (Phi) is 4.28. The van der Waals surface area contributed by atoms with Crippen molar-refractivity contribution in [1.82, 2.24) is 4.72 Å². The highest BCUT2D eigenvalue weighted by Gasteiger charge is 2.47. The standard InChI is InChI=1S/C13H15ClFNO4S/c1-13(12(17)18)6-2-3-11(13)16-21(19,20)10-5-4-8(14)7-9(10)15/h4-5,7,11,16H,2-3,6H2,1H3,(H,17,18). The number of halogens is 2. The van der Waals surface area contributed by atoms with Crippen molar-refractivity contribution in [3.8, 4) is 0 Å². The first kappa shape index (κ1) is 16.2. The SMILES string of the molecule is CC1(C(=O)O)CCCC1NS(=O)(=O)c1ccc(Cl)cc1F. The van der Waals surface area contributed by atoms with Gasteiger partial charge in [0.05, 0.1) is 5.41 Å². The molecule has 5 nitrogen and oxygen atoms in total. The number of hydrogen-bond acceptors (Lipinski definition) is 3. The fraction of sp³-hybridized carbons (Fsp3) is 0.462. The Morgan fingerprint density at radius 3 is 2.76 bits per heavy atom. The van der Waals surface area contributed by atoms with Gasteiger partial charge in [0.2, 0.25) is 10.0 Å². The predicted octanol–water partition coefficient (Wildman–Crippen LogP) is 2.40. The minimum Gasteiger partial charge on any atom is -0.481 e. The van der Waals surface area contributed by atoms with Gasteiger partial charge in [-0.1, -0.05) is 18.0 Å². The zero-order chi connectivity index (χ0) is 15.8. The minimum absolute atomic E-state index is 0.0858. The van der Waals surface area contributed by atoms with Gasteiger partial charge in [-0.15, -0.1) is 0 Å². The molecule has 0 radical (unpaired) electrons. The molecule has 0 amide bonds. The van der Waals surface area contributed by atoms with Crippen LogP contribution in [0.5, 0.6) is 0 Å². The largest absolute Gasteiger partial charge is 0.481 e. The normalized spacial score (nSPS) is 26.0. The monoisotopic (exact) mass is 335 g/mol. The van der Waals surface area contributed by atoms with Crippen molar-refractivity contribution in [2.75, 3.05) is 0 Å². The van der Waals surface area contributed by atoms with Crippen LogP contribution in [0.2, 0.25) is 5.02 Å². The lowest BCUT2D eigenvalue weighted by Crippen LogP contribution is -2.47. The summed E-state index contributed by atoms with van der Waals surface area (Å²) in [5.74, 6) is -2.03. The molecule has 0 aromatic heterocycles. The molecule has 1 aliphatic carbocycles. The van der Waals surface area contributed by atoms with Gasteiger partial charge < -0.3 is 5.11 Å². The maximum atomic E-state index is 13.8. The first-order valence-electron chi connectivity index (χ1n) is 6.37. The summed E-state index contributed by atoms with van der Waals surface area (Å²) in [6.07, 6.45) is 1.37. The van der Waals surface area contributed by atoms with Crippen molar-refractivity contribution in [1.29, 1.82) is 0 Å². The summed E-state index contributed by atoms with van der Waals surface area (Å²) in [6, 6.07) is 2.47. The Balaban J connectivity index is 2.31. The molecule has 21 heavy (non-hydrogen) atoms. The number of carboxylic acids is 1. The number of aliphatic carboxylic acids is 1. The maximum absolute atomic E-state index is 13.8. The summed E-state index contributed by atoms with van der Waals surface area (Å²) in [5.41, 5.74) is -1.18. The smallest absolute Gasteiger partial charge is 0.310 e. The Hall–Kier alpha value is -1.18. The average molecular weight is 336 g/mol. The summed E-state index contributed by atoms with van der Waals surface area (Å²) in [4.78, 5) is 10.8. The van der Waals surface area contributed by atoms with Crippen LogP contribution in [0.3, 0.4) is 0 Å². The summed E-state index contributed by atoms with van der Waals surface area (Å²) in [5, 5.41) is 9.36. The van der Waals surface area contributed by atoms with Crippen molar-refractivity contribution < 1.29 is 22.7 Å². The van der Waals surface area contributed by atoms with Crippen LogP contribution in [0.15, 0.2) is 23.1 Å². The molecule has 2 atom stereocenters. The first-order chi connectivity index (χ1) is 9.67. The van der Waals surface area contributed by atoms with E-state index in [-0.39, 0.29) is 5.02 Å². The molecule has 0 spiro atoms. The Morgan fingerprint density at radius 2 is 2.19 bits per heavy atom. The Morgan fingerprint density at radius 1 is 1.52 bits per heavy atom. The molecular formula is C13H15ClFNO4S. The topological polar surface area (TPSA) is 83.5 Å². The fourth-order valence-electron chi connectivity index (χ4n) is 2.56. The molecule has 2 unspecified atom stereocenters. The van der Waals surface area contributed by atoms with Crippen LogP contribution in [0, 0.1) is 11.2 Å². The van der Waals surface area contributed by atoms with E-state index in [1.165, 1.54) is 13.0 Å². The van der Waals surface area contributed by atoms with Crippen molar-refractivity contribution in [3.63, 3.8) is 0 Å². The van der Waals surface area contributed by atoms with Crippen molar-refractivity contribution in [2.45, 2.75) is 37.1 Å². The molecule has 1 saturated carbocycles.